The van der Waals surface area contributed by atoms with E-state index < -0.39 is 0 Å². The van der Waals surface area contributed by atoms with Gasteiger partial charge in [-0.3, -0.25) is 9.20 Å². The lowest BCUT2D eigenvalue weighted by molar-refractivity contribution is -0.118. The summed E-state index contributed by atoms with van der Waals surface area (Å²) in [5.74, 6) is 2.05. The van der Waals surface area contributed by atoms with Crippen LogP contribution in [0.1, 0.15) is 20.3 Å². The van der Waals surface area contributed by atoms with Crippen molar-refractivity contribution in [2.75, 3.05) is 12.3 Å². The Hall–Kier alpha value is -2.87. The number of carbonyl (C=O) groups is 1. The van der Waals surface area contributed by atoms with Gasteiger partial charge in [0.25, 0.3) is 0 Å². The van der Waals surface area contributed by atoms with Crippen molar-refractivity contribution in [3.05, 3.63) is 42.7 Å². The average Bonchev–Trinajstić information content (AvgIpc) is 3.36. The maximum absolute atomic E-state index is 12.2. The molecule has 0 spiro atoms. The molecule has 0 atom stereocenters. The Morgan fingerprint density at radius 2 is 2.07 bits per heavy atom. The third-order valence-corrected chi connectivity index (χ3v) is 5.26. The SMILES string of the molecule is CC(C)CCNC(=O)CSc1nnc2c3ccccc3nc(-c3ccco3)n12. The highest BCUT2D eigenvalue weighted by atomic mass is 32.2. The van der Waals surface area contributed by atoms with Gasteiger partial charge < -0.3 is 9.73 Å². The number of thioether (sulfide) groups is 1. The first-order chi connectivity index (χ1) is 13.6. The van der Waals surface area contributed by atoms with E-state index in [4.69, 9.17) is 9.40 Å². The average molecular weight is 395 g/mol. The largest absolute Gasteiger partial charge is 0.461 e. The number of amides is 1. The van der Waals surface area contributed by atoms with Crippen LogP contribution in [0.4, 0.5) is 0 Å². The van der Waals surface area contributed by atoms with E-state index in [1.807, 2.05) is 40.8 Å². The normalized spacial score (nSPS) is 11.5. The first-order valence-electron chi connectivity index (χ1n) is 9.20. The fourth-order valence-electron chi connectivity index (χ4n) is 2.91. The molecule has 4 rings (SSSR count). The zero-order valence-electron chi connectivity index (χ0n) is 15.8. The summed E-state index contributed by atoms with van der Waals surface area (Å²) in [6.07, 6.45) is 2.57. The van der Waals surface area contributed by atoms with Gasteiger partial charge in [0, 0.05) is 11.9 Å². The van der Waals surface area contributed by atoms with Gasteiger partial charge >= 0.3 is 0 Å². The summed E-state index contributed by atoms with van der Waals surface area (Å²) in [7, 11) is 0. The summed E-state index contributed by atoms with van der Waals surface area (Å²) >= 11 is 1.34. The van der Waals surface area contributed by atoms with Crippen molar-refractivity contribution in [3.63, 3.8) is 0 Å². The Balaban J connectivity index is 1.66. The number of hydrogen-bond donors (Lipinski definition) is 1. The van der Waals surface area contributed by atoms with Crippen LogP contribution in [0.25, 0.3) is 28.1 Å². The van der Waals surface area contributed by atoms with Gasteiger partial charge in [0.1, 0.15) is 0 Å². The number of benzene rings is 1. The lowest BCUT2D eigenvalue weighted by Gasteiger charge is -2.08. The summed E-state index contributed by atoms with van der Waals surface area (Å²) in [6, 6.07) is 11.4. The number of rotatable bonds is 7. The standard InChI is InChI=1S/C20H21N5O2S/c1-13(2)9-10-21-17(26)12-28-20-24-23-18-14-6-3-4-7-15(14)22-19(25(18)20)16-8-5-11-27-16/h3-8,11,13H,9-10,12H2,1-2H3,(H,21,26). The van der Waals surface area contributed by atoms with Gasteiger partial charge in [-0.25, -0.2) is 4.98 Å². The molecule has 8 heteroatoms. The zero-order valence-corrected chi connectivity index (χ0v) is 16.6. The molecule has 1 N–H and O–H groups in total. The molecule has 1 aromatic carbocycles. The van der Waals surface area contributed by atoms with Crippen molar-refractivity contribution in [1.29, 1.82) is 0 Å². The van der Waals surface area contributed by atoms with E-state index in [-0.39, 0.29) is 11.7 Å². The van der Waals surface area contributed by atoms with Gasteiger partial charge in [0.15, 0.2) is 22.4 Å². The zero-order chi connectivity index (χ0) is 19.5. The highest BCUT2D eigenvalue weighted by Crippen LogP contribution is 2.29. The Bertz CT molecular complexity index is 1100. The van der Waals surface area contributed by atoms with Gasteiger partial charge in [-0.15, -0.1) is 10.2 Å². The number of hydrogen-bond acceptors (Lipinski definition) is 6. The van der Waals surface area contributed by atoms with Crippen LogP contribution in [-0.4, -0.2) is 37.8 Å². The number of fused-ring (bicyclic) bond motifs is 3. The smallest absolute Gasteiger partial charge is 0.230 e. The monoisotopic (exact) mass is 395 g/mol. The van der Waals surface area contributed by atoms with E-state index in [1.54, 1.807) is 6.26 Å². The summed E-state index contributed by atoms with van der Waals surface area (Å²) in [6.45, 7) is 4.95. The van der Waals surface area contributed by atoms with Crippen LogP contribution in [0.2, 0.25) is 0 Å². The van der Waals surface area contributed by atoms with Crippen LogP contribution in [0, 0.1) is 5.92 Å². The van der Waals surface area contributed by atoms with E-state index in [0.717, 1.165) is 17.3 Å². The lowest BCUT2D eigenvalue weighted by Crippen LogP contribution is -2.27. The minimum absolute atomic E-state index is 0.0179. The fourth-order valence-corrected chi connectivity index (χ4v) is 3.67. The first-order valence-corrected chi connectivity index (χ1v) is 10.2. The number of para-hydroxylation sites is 1. The molecule has 3 heterocycles. The number of furan rings is 1. The maximum atomic E-state index is 12.2. The first kappa shape index (κ1) is 18.5. The van der Waals surface area contributed by atoms with Crippen LogP contribution >= 0.6 is 11.8 Å². The molecule has 4 aromatic rings. The Kier molecular flexibility index (Phi) is 5.29. The van der Waals surface area contributed by atoms with Crippen molar-refractivity contribution in [3.8, 4) is 11.6 Å². The van der Waals surface area contributed by atoms with Crippen molar-refractivity contribution in [2.45, 2.75) is 25.4 Å². The van der Waals surface area contributed by atoms with Gasteiger partial charge in [-0.05, 0) is 36.6 Å². The van der Waals surface area contributed by atoms with Crippen molar-refractivity contribution in [1.82, 2.24) is 24.9 Å². The molecule has 1 amide bonds. The minimum Gasteiger partial charge on any atom is -0.461 e. The summed E-state index contributed by atoms with van der Waals surface area (Å²) < 4.78 is 7.43. The molecule has 28 heavy (non-hydrogen) atoms. The second kappa shape index (κ2) is 8.02. The van der Waals surface area contributed by atoms with Crippen molar-refractivity contribution >= 4 is 34.2 Å². The Morgan fingerprint density at radius 1 is 1.21 bits per heavy atom. The molecule has 0 aliphatic rings. The third-order valence-electron chi connectivity index (χ3n) is 4.33. The Morgan fingerprint density at radius 3 is 2.86 bits per heavy atom. The van der Waals surface area contributed by atoms with Crippen LogP contribution in [-0.2, 0) is 4.79 Å². The second-order valence-corrected chi connectivity index (χ2v) is 7.84. The lowest BCUT2D eigenvalue weighted by atomic mass is 10.1. The van der Waals surface area contributed by atoms with E-state index in [0.29, 0.717) is 34.9 Å². The van der Waals surface area contributed by atoms with Crippen molar-refractivity contribution < 1.29 is 9.21 Å². The number of aromatic nitrogens is 4. The molecule has 0 radical (unpaired) electrons. The summed E-state index contributed by atoms with van der Waals surface area (Å²) in [5.41, 5.74) is 1.51. The molecule has 0 unspecified atom stereocenters. The molecule has 0 bridgehead atoms. The quantitative estimate of drug-likeness (QED) is 0.479. The predicted octanol–water partition coefficient (Wildman–Crippen LogP) is 3.79. The van der Waals surface area contributed by atoms with E-state index >= 15 is 0 Å². The van der Waals surface area contributed by atoms with Crippen LogP contribution in [0.3, 0.4) is 0 Å². The van der Waals surface area contributed by atoms with E-state index in [2.05, 4.69) is 29.4 Å². The van der Waals surface area contributed by atoms with Crippen LogP contribution in [0.5, 0.6) is 0 Å². The van der Waals surface area contributed by atoms with Gasteiger partial charge in [0.05, 0.1) is 17.5 Å². The molecular weight excluding hydrogens is 374 g/mol. The van der Waals surface area contributed by atoms with Crippen LogP contribution in [0.15, 0.2) is 52.2 Å². The molecule has 0 aliphatic heterocycles. The maximum Gasteiger partial charge on any atom is 0.230 e. The number of carbonyl (C=O) groups excluding carboxylic acids is 1. The molecule has 7 nitrogen and oxygen atoms in total. The topological polar surface area (TPSA) is 85.3 Å². The van der Waals surface area contributed by atoms with E-state index in [1.165, 1.54) is 11.8 Å². The molecule has 0 saturated carbocycles. The highest BCUT2D eigenvalue weighted by molar-refractivity contribution is 7.99. The summed E-state index contributed by atoms with van der Waals surface area (Å²) in [4.78, 5) is 16.9. The number of nitrogens with one attached hydrogen (secondary N) is 1. The highest BCUT2D eigenvalue weighted by Gasteiger charge is 2.18. The molecule has 0 saturated heterocycles. The Labute approximate surface area is 166 Å². The summed E-state index contributed by atoms with van der Waals surface area (Å²) in [5, 5.41) is 13.1. The van der Waals surface area contributed by atoms with Gasteiger partial charge in [0.2, 0.25) is 5.91 Å². The third kappa shape index (κ3) is 3.73. The number of nitrogens with zero attached hydrogens (tertiary/aromatic N) is 4. The van der Waals surface area contributed by atoms with Crippen LogP contribution < -0.4 is 5.32 Å². The molecular formula is C20H21N5O2S. The molecule has 0 fully saturated rings. The molecule has 0 aliphatic carbocycles. The van der Waals surface area contributed by atoms with Gasteiger partial charge in [-0.2, -0.15) is 0 Å². The second-order valence-electron chi connectivity index (χ2n) is 6.89. The van der Waals surface area contributed by atoms with Gasteiger partial charge in [-0.1, -0.05) is 37.7 Å². The minimum atomic E-state index is -0.0179. The fraction of sp³-hybridized carbons (Fsp3) is 0.300. The predicted molar refractivity (Wildman–Crippen MR) is 109 cm³/mol. The van der Waals surface area contributed by atoms with E-state index in [9.17, 15) is 4.79 Å². The van der Waals surface area contributed by atoms with Crippen molar-refractivity contribution in [2.24, 2.45) is 5.92 Å². The molecule has 144 valence electrons. The molecule has 3 aromatic heterocycles.